The second kappa shape index (κ2) is 3.99. The molecule has 6 nitrogen and oxygen atoms in total. The van der Waals surface area contributed by atoms with E-state index in [1.807, 2.05) is 0 Å². The number of fused-ring (bicyclic) bond motifs is 1. The average molecular weight is 248 g/mol. The number of nitrogens with zero attached hydrogens (tertiary/aromatic N) is 1. The predicted molar refractivity (Wildman–Crippen MR) is 64.4 cm³/mol. The zero-order valence-corrected chi connectivity index (χ0v) is 9.59. The summed E-state index contributed by atoms with van der Waals surface area (Å²) < 4.78 is 11.1. The number of carbonyl (C=O) groups excluding carboxylic acids is 1. The zero-order chi connectivity index (χ0) is 12.7. The van der Waals surface area contributed by atoms with E-state index in [0.29, 0.717) is 36.4 Å². The molecule has 0 unspecified atom stereocenters. The molecule has 1 aliphatic rings. The van der Waals surface area contributed by atoms with Gasteiger partial charge in [0.1, 0.15) is 0 Å². The van der Waals surface area contributed by atoms with Crippen LogP contribution in [0.5, 0.6) is 0 Å². The van der Waals surface area contributed by atoms with Crippen LogP contribution in [0.1, 0.15) is 11.2 Å². The molecule has 1 fully saturated rings. The molecule has 0 radical (unpaired) electrons. The molecular formula is C12H12N2O4. The molecule has 1 aromatic heterocycles. The Hall–Kier alpha value is -2.08. The van der Waals surface area contributed by atoms with Crippen molar-refractivity contribution in [3.8, 4) is 0 Å². The monoisotopic (exact) mass is 248 g/mol. The van der Waals surface area contributed by atoms with Crippen molar-refractivity contribution < 1.29 is 13.9 Å². The normalized spacial score (nSPS) is 15.8. The number of hydrogen-bond acceptors (Lipinski definition) is 5. The van der Waals surface area contributed by atoms with Gasteiger partial charge in [0.15, 0.2) is 5.58 Å². The summed E-state index contributed by atoms with van der Waals surface area (Å²) in [4.78, 5) is 23.7. The Bertz CT molecular complexity index is 666. The van der Waals surface area contributed by atoms with Crippen LogP contribution in [-0.4, -0.2) is 23.7 Å². The maximum atomic E-state index is 12.0. The van der Waals surface area contributed by atoms with Gasteiger partial charge in [0.05, 0.1) is 18.7 Å². The second-order valence-corrected chi connectivity index (χ2v) is 4.43. The van der Waals surface area contributed by atoms with Crippen LogP contribution >= 0.6 is 0 Å². The van der Waals surface area contributed by atoms with Gasteiger partial charge in [0.25, 0.3) is 0 Å². The first-order chi connectivity index (χ1) is 8.65. The van der Waals surface area contributed by atoms with Gasteiger partial charge in [-0.25, -0.2) is 9.36 Å². The Morgan fingerprint density at radius 3 is 2.89 bits per heavy atom. The number of anilines is 1. The fraction of sp³-hybridized carbons (Fsp3) is 0.333. The van der Waals surface area contributed by atoms with E-state index < -0.39 is 5.76 Å². The number of hydrogen-bond donors (Lipinski definition) is 1. The van der Waals surface area contributed by atoms with Crippen molar-refractivity contribution in [1.29, 1.82) is 0 Å². The lowest BCUT2D eigenvalue weighted by atomic mass is 10.0. The van der Waals surface area contributed by atoms with Crippen LogP contribution < -0.4 is 11.5 Å². The van der Waals surface area contributed by atoms with Gasteiger partial charge in [-0.05, 0) is 12.1 Å². The van der Waals surface area contributed by atoms with Gasteiger partial charge < -0.3 is 14.9 Å². The molecular weight excluding hydrogens is 236 g/mol. The molecule has 0 bridgehead atoms. The van der Waals surface area contributed by atoms with E-state index in [0.717, 1.165) is 4.57 Å². The third-order valence-electron chi connectivity index (χ3n) is 3.02. The van der Waals surface area contributed by atoms with Crippen LogP contribution in [0.3, 0.4) is 0 Å². The summed E-state index contributed by atoms with van der Waals surface area (Å²) in [6, 6.07) is 4.78. The molecule has 94 valence electrons. The maximum Gasteiger partial charge on any atom is 0.426 e. The average Bonchev–Trinajstić information content (AvgIpc) is 2.58. The van der Waals surface area contributed by atoms with Crippen molar-refractivity contribution in [3.63, 3.8) is 0 Å². The Morgan fingerprint density at radius 2 is 2.22 bits per heavy atom. The van der Waals surface area contributed by atoms with E-state index in [-0.39, 0.29) is 11.8 Å². The van der Waals surface area contributed by atoms with Crippen LogP contribution in [0.25, 0.3) is 11.1 Å². The van der Waals surface area contributed by atoms with Crippen molar-refractivity contribution in [2.45, 2.75) is 6.42 Å². The fourth-order valence-electron chi connectivity index (χ4n) is 2.01. The summed E-state index contributed by atoms with van der Waals surface area (Å²) in [7, 11) is 0. The molecule has 0 amide bonds. The van der Waals surface area contributed by atoms with E-state index in [1.165, 1.54) is 6.07 Å². The Morgan fingerprint density at radius 1 is 1.44 bits per heavy atom. The van der Waals surface area contributed by atoms with Crippen molar-refractivity contribution in [2.24, 2.45) is 5.92 Å². The van der Waals surface area contributed by atoms with Crippen molar-refractivity contribution in [3.05, 3.63) is 28.7 Å². The molecule has 1 aromatic carbocycles. The maximum absolute atomic E-state index is 12.0. The summed E-state index contributed by atoms with van der Waals surface area (Å²) in [5, 5.41) is 0. The first-order valence-corrected chi connectivity index (χ1v) is 5.67. The minimum atomic E-state index is -0.666. The molecule has 1 aliphatic heterocycles. The van der Waals surface area contributed by atoms with Crippen LogP contribution in [0.2, 0.25) is 0 Å². The topological polar surface area (TPSA) is 87.5 Å². The number of carbonyl (C=O) groups is 1. The van der Waals surface area contributed by atoms with Crippen LogP contribution in [0.15, 0.2) is 27.4 Å². The molecule has 18 heavy (non-hydrogen) atoms. The summed E-state index contributed by atoms with van der Waals surface area (Å²) in [6.45, 7) is 1.15. The van der Waals surface area contributed by atoms with E-state index in [4.69, 9.17) is 14.9 Å². The number of rotatable bonds is 2. The Labute approximate surface area is 102 Å². The van der Waals surface area contributed by atoms with Gasteiger partial charge >= 0.3 is 5.76 Å². The number of benzene rings is 1. The largest absolute Gasteiger partial charge is 0.426 e. The minimum absolute atomic E-state index is 0.197. The van der Waals surface area contributed by atoms with Gasteiger partial charge in [0, 0.05) is 24.1 Å². The van der Waals surface area contributed by atoms with Gasteiger partial charge in [-0.3, -0.25) is 4.79 Å². The standard InChI is InChI=1S/C12H12N2O4/c13-8-1-2-9-10(4-8)18-12(16)14(9)11(15)3-7-5-17-6-7/h1-2,4,7H,3,5-6,13H2. The number of nitrogen functional groups attached to an aromatic ring is 1. The highest BCUT2D eigenvalue weighted by molar-refractivity contribution is 5.90. The van der Waals surface area contributed by atoms with Crippen molar-refractivity contribution in [2.75, 3.05) is 18.9 Å². The smallest absolute Gasteiger partial charge is 0.407 e. The van der Waals surface area contributed by atoms with Crippen LogP contribution in [0.4, 0.5) is 5.69 Å². The van der Waals surface area contributed by atoms with Crippen molar-refractivity contribution in [1.82, 2.24) is 4.57 Å². The molecule has 2 N–H and O–H groups in total. The predicted octanol–water partition coefficient (Wildman–Crippen LogP) is 0.853. The molecule has 0 aliphatic carbocycles. The minimum Gasteiger partial charge on any atom is -0.407 e. The number of nitrogens with two attached hydrogens (primary N) is 1. The molecule has 2 aromatic rings. The summed E-state index contributed by atoms with van der Waals surface area (Å²) in [5.74, 6) is -0.735. The Kier molecular flexibility index (Phi) is 2.45. The fourth-order valence-corrected chi connectivity index (χ4v) is 2.01. The number of oxazole rings is 1. The van der Waals surface area contributed by atoms with Crippen LogP contribution in [-0.2, 0) is 4.74 Å². The molecule has 0 atom stereocenters. The first-order valence-electron chi connectivity index (χ1n) is 5.67. The second-order valence-electron chi connectivity index (χ2n) is 4.43. The van der Waals surface area contributed by atoms with Crippen LogP contribution in [0, 0.1) is 5.92 Å². The lowest BCUT2D eigenvalue weighted by Crippen LogP contribution is -2.33. The quantitative estimate of drug-likeness (QED) is 0.796. The van der Waals surface area contributed by atoms with Gasteiger partial charge in [-0.1, -0.05) is 0 Å². The molecule has 3 rings (SSSR count). The third kappa shape index (κ3) is 1.70. The summed E-state index contributed by atoms with van der Waals surface area (Å²) >= 11 is 0. The lowest BCUT2D eigenvalue weighted by Gasteiger charge is -2.24. The van der Waals surface area contributed by atoms with E-state index in [9.17, 15) is 9.59 Å². The summed E-state index contributed by atoms with van der Waals surface area (Å²) in [6.07, 6.45) is 0.291. The highest BCUT2D eigenvalue weighted by Gasteiger charge is 2.25. The summed E-state index contributed by atoms with van der Waals surface area (Å²) in [5.41, 5.74) is 6.88. The molecule has 0 spiro atoms. The molecule has 6 heteroatoms. The van der Waals surface area contributed by atoms with Gasteiger partial charge in [-0.2, -0.15) is 0 Å². The lowest BCUT2D eigenvalue weighted by molar-refractivity contribution is -0.0332. The Balaban J connectivity index is 2.02. The van der Waals surface area contributed by atoms with E-state index >= 15 is 0 Å². The molecule has 2 heterocycles. The molecule has 0 saturated carbocycles. The van der Waals surface area contributed by atoms with Gasteiger partial charge in [0.2, 0.25) is 5.91 Å². The number of ether oxygens (including phenoxy) is 1. The molecule has 1 saturated heterocycles. The van der Waals surface area contributed by atoms with E-state index in [1.54, 1.807) is 12.1 Å². The number of aromatic nitrogens is 1. The SMILES string of the molecule is Nc1ccc2c(c1)oc(=O)n2C(=O)CC1COC1. The third-order valence-corrected chi connectivity index (χ3v) is 3.02. The van der Waals surface area contributed by atoms with E-state index in [2.05, 4.69) is 0 Å². The zero-order valence-electron chi connectivity index (χ0n) is 9.59. The van der Waals surface area contributed by atoms with Gasteiger partial charge in [-0.15, -0.1) is 0 Å². The van der Waals surface area contributed by atoms with Crippen molar-refractivity contribution >= 4 is 22.7 Å². The highest BCUT2D eigenvalue weighted by atomic mass is 16.5. The first kappa shape index (κ1) is 11.0. The highest BCUT2D eigenvalue weighted by Crippen LogP contribution is 2.19.